The van der Waals surface area contributed by atoms with Crippen molar-refractivity contribution in [3.8, 4) is 0 Å². The van der Waals surface area contributed by atoms with Crippen molar-refractivity contribution < 1.29 is 14.3 Å². The largest absolute Gasteiger partial charge is 0.447 e. The second kappa shape index (κ2) is 6.65. The van der Waals surface area contributed by atoms with E-state index in [1.807, 2.05) is 27.7 Å². The van der Waals surface area contributed by atoms with Crippen LogP contribution < -0.4 is 5.32 Å². The molecule has 14 heavy (non-hydrogen) atoms. The van der Waals surface area contributed by atoms with Crippen LogP contribution in [0.5, 0.6) is 0 Å². The highest BCUT2D eigenvalue weighted by atomic mass is 16.6. The molecule has 0 aliphatic rings. The first-order chi connectivity index (χ1) is 6.47. The molecule has 0 fully saturated rings. The first-order valence-corrected chi connectivity index (χ1v) is 4.93. The summed E-state index contributed by atoms with van der Waals surface area (Å²) in [5, 5.41) is 2.76. The van der Waals surface area contributed by atoms with E-state index in [4.69, 9.17) is 9.47 Å². The van der Waals surface area contributed by atoms with Gasteiger partial charge >= 0.3 is 6.09 Å². The number of nitrogens with one attached hydrogen (secondary N) is 1. The maximum absolute atomic E-state index is 11.3. The molecule has 0 saturated heterocycles. The Morgan fingerprint density at radius 2 is 1.86 bits per heavy atom. The van der Waals surface area contributed by atoms with Crippen LogP contribution >= 0.6 is 0 Å². The molecule has 0 rings (SSSR count). The molecule has 0 saturated carbocycles. The number of hydrogen-bond acceptors (Lipinski definition) is 3. The monoisotopic (exact) mass is 203 g/mol. The van der Waals surface area contributed by atoms with Crippen LogP contribution in [0.25, 0.3) is 0 Å². The van der Waals surface area contributed by atoms with Gasteiger partial charge in [0.15, 0.2) is 0 Å². The molecule has 0 spiro atoms. The highest BCUT2D eigenvalue weighted by Crippen LogP contribution is 2.02. The first kappa shape index (κ1) is 13.2. The number of alkyl carbamates (subject to hydrolysis) is 1. The third kappa shape index (κ3) is 5.80. The summed E-state index contributed by atoms with van der Waals surface area (Å²) in [6.45, 7) is 8.20. The molecule has 0 aromatic carbocycles. The maximum atomic E-state index is 11.3. The van der Waals surface area contributed by atoms with E-state index < -0.39 is 0 Å². The van der Waals surface area contributed by atoms with Gasteiger partial charge in [-0.1, -0.05) is 13.8 Å². The topological polar surface area (TPSA) is 47.6 Å². The zero-order chi connectivity index (χ0) is 11.1. The van der Waals surface area contributed by atoms with Crippen molar-refractivity contribution >= 4 is 6.09 Å². The van der Waals surface area contributed by atoms with Crippen LogP contribution in [0.1, 0.15) is 27.7 Å². The van der Waals surface area contributed by atoms with E-state index >= 15 is 0 Å². The highest BCUT2D eigenvalue weighted by molar-refractivity contribution is 5.67. The van der Waals surface area contributed by atoms with Gasteiger partial charge in [-0.25, -0.2) is 4.79 Å². The fraction of sp³-hybridized carbons (Fsp3) is 0.900. The summed E-state index contributed by atoms with van der Waals surface area (Å²) in [5.41, 5.74) is 0. The normalized spacial score (nSPS) is 13.1. The van der Waals surface area contributed by atoms with Gasteiger partial charge in [-0.3, -0.25) is 0 Å². The minimum atomic E-state index is -0.379. The van der Waals surface area contributed by atoms with Crippen molar-refractivity contribution in [3.63, 3.8) is 0 Å². The fourth-order valence-corrected chi connectivity index (χ4v) is 0.980. The van der Waals surface area contributed by atoms with Crippen LogP contribution in [0, 0.1) is 5.92 Å². The Morgan fingerprint density at radius 3 is 2.21 bits per heavy atom. The Bertz CT molecular complexity index is 169. The zero-order valence-corrected chi connectivity index (χ0v) is 9.66. The zero-order valence-electron chi connectivity index (χ0n) is 9.66. The van der Waals surface area contributed by atoms with Crippen molar-refractivity contribution in [2.24, 2.45) is 5.92 Å². The molecule has 1 atom stereocenters. The SMILES string of the molecule is COCC(NC(=O)OC(C)C)C(C)C. The van der Waals surface area contributed by atoms with Gasteiger partial charge in [-0.15, -0.1) is 0 Å². The summed E-state index contributed by atoms with van der Waals surface area (Å²) in [6.07, 6.45) is -0.471. The number of carbonyl (C=O) groups excluding carboxylic acids is 1. The van der Waals surface area contributed by atoms with Crippen LogP contribution in [0.3, 0.4) is 0 Å². The minimum absolute atomic E-state index is 0.00579. The van der Waals surface area contributed by atoms with Crippen molar-refractivity contribution in [2.45, 2.75) is 39.8 Å². The van der Waals surface area contributed by atoms with Gasteiger partial charge in [0.1, 0.15) is 0 Å². The second-order valence-electron chi connectivity index (χ2n) is 3.90. The molecule has 0 heterocycles. The number of methoxy groups -OCH3 is 1. The van der Waals surface area contributed by atoms with E-state index in [1.165, 1.54) is 0 Å². The van der Waals surface area contributed by atoms with Crippen LogP contribution in [-0.4, -0.2) is 32.0 Å². The Labute approximate surface area is 86.0 Å². The van der Waals surface area contributed by atoms with Gasteiger partial charge in [0, 0.05) is 7.11 Å². The number of amides is 1. The number of carbonyl (C=O) groups is 1. The molecule has 4 nitrogen and oxygen atoms in total. The molecule has 0 aliphatic carbocycles. The molecular weight excluding hydrogens is 182 g/mol. The van der Waals surface area contributed by atoms with E-state index in [0.717, 1.165) is 0 Å². The molecular formula is C10H21NO3. The number of hydrogen-bond donors (Lipinski definition) is 1. The lowest BCUT2D eigenvalue weighted by Gasteiger charge is -2.21. The van der Waals surface area contributed by atoms with E-state index in [9.17, 15) is 4.79 Å². The average molecular weight is 203 g/mol. The van der Waals surface area contributed by atoms with Gasteiger partial charge in [-0.2, -0.15) is 0 Å². The van der Waals surface area contributed by atoms with Gasteiger partial charge in [0.2, 0.25) is 0 Å². The third-order valence-electron chi connectivity index (χ3n) is 1.80. The Hall–Kier alpha value is -0.770. The molecule has 0 aromatic heterocycles. The van der Waals surface area contributed by atoms with E-state index in [2.05, 4.69) is 5.32 Å². The van der Waals surface area contributed by atoms with Crippen LogP contribution in [0.4, 0.5) is 4.79 Å². The lowest BCUT2D eigenvalue weighted by molar-refractivity contribution is 0.0957. The number of rotatable bonds is 5. The summed E-state index contributed by atoms with van der Waals surface area (Å²) < 4.78 is 9.97. The van der Waals surface area contributed by atoms with Crippen molar-refractivity contribution in [3.05, 3.63) is 0 Å². The van der Waals surface area contributed by atoms with Crippen LogP contribution in [0.2, 0.25) is 0 Å². The maximum Gasteiger partial charge on any atom is 0.407 e. The standard InChI is InChI=1S/C10H21NO3/c1-7(2)9(6-13-5)11-10(12)14-8(3)4/h7-9H,6H2,1-5H3,(H,11,12). The molecule has 1 unspecified atom stereocenters. The summed E-state index contributed by atoms with van der Waals surface area (Å²) in [4.78, 5) is 11.3. The summed E-state index contributed by atoms with van der Waals surface area (Å²) in [6, 6.07) is 0.00579. The van der Waals surface area contributed by atoms with E-state index in [0.29, 0.717) is 12.5 Å². The number of ether oxygens (including phenoxy) is 2. The van der Waals surface area contributed by atoms with E-state index in [1.54, 1.807) is 7.11 Å². The Balaban J connectivity index is 3.96. The first-order valence-electron chi connectivity index (χ1n) is 4.93. The molecule has 0 radical (unpaired) electrons. The van der Waals surface area contributed by atoms with E-state index in [-0.39, 0.29) is 18.2 Å². The fourth-order valence-electron chi connectivity index (χ4n) is 0.980. The second-order valence-corrected chi connectivity index (χ2v) is 3.90. The van der Waals surface area contributed by atoms with Gasteiger partial charge in [0.05, 0.1) is 18.8 Å². The third-order valence-corrected chi connectivity index (χ3v) is 1.80. The van der Waals surface area contributed by atoms with Crippen molar-refractivity contribution in [2.75, 3.05) is 13.7 Å². The highest BCUT2D eigenvalue weighted by Gasteiger charge is 2.17. The van der Waals surface area contributed by atoms with Gasteiger partial charge in [-0.05, 0) is 19.8 Å². The molecule has 0 bridgehead atoms. The summed E-state index contributed by atoms with van der Waals surface area (Å²) >= 11 is 0. The summed E-state index contributed by atoms with van der Waals surface area (Å²) in [7, 11) is 1.62. The lowest BCUT2D eigenvalue weighted by Crippen LogP contribution is -2.42. The molecule has 1 N–H and O–H groups in total. The molecule has 1 amide bonds. The summed E-state index contributed by atoms with van der Waals surface area (Å²) in [5.74, 6) is 0.328. The molecule has 84 valence electrons. The Kier molecular flexibility index (Phi) is 6.28. The smallest absolute Gasteiger partial charge is 0.407 e. The van der Waals surface area contributed by atoms with Crippen LogP contribution in [0.15, 0.2) is 0 Å². The van der Waals surface area contributed by atoms with Crippen LogP contribution in [-0.2, 0) is 9.47 Å². The van der Waals surface area contributed by atoms with Crippen molar-refractivity contribution in [1.82, 2.24) is 5.32 Å². The molecule has 0 aliphatic heterocycles. The van der Waals surface area contributed by atoms with Crippen molar-refractivity contribution in [1.29, 1.82) is 0 Å². The van der Waals surface area contributed by atoms with Gasteiger partial charge < -0.3 is 14.8 Å². The predicted molar refractivity (Wildman–Crippen MR) is 55.3 cm³/mol. The van der Waals surface area contributed by atoms with Gasteiger partial charge in [0.25, 0.3) is 0 Å². The quantitative estimate of drug-likeness (QED) is 0.741. The average Bonchev–Trinajstić information content (AvgIpc) is 2.01. The molecule has 4 heteroatoms. The lowest BCUT2D eigenvalue weighted by atomic mass is 10.1. The Morgan fingerprint density at radius 1 is 1.29 bits per heavy atom. The predicted octanol–water partition coefficient (Wildman–Crippen LogP) is 1.79. The minimum Gasteiger partial charge on any atom is -0.447 e. The molecule has 0 aromatic rings.